The van der Waals surface area contributed by atoms with Crippen LogP contribution in [0.4, 0.5) is 17.1 Å². The van der Waals surface area contributed by atoms with E-state index >= 15 is 0 Å². The van der Waals surface area contributed by atoms with Crippen LogP contribution in [0, 0.1) is 0 Å². The van der Waals surface area contributed by atoms with Crippen LogP contribution in [0.15, 0.2) is 152 Å². The van der Waals surface area contributed by atoms with Crippen LogP contribution in [-0.4, -0.2) is 0 Å². The minimum Gasteiger partial charge on any atom is -0.310 e. The minimum absolute atomic E-state index is 0.0980. The summed E-state index contributed by atoms with van der Waals surface area (Å²) in [6, 6.07) is 56.7. The van der Waals surface area contributed by atoms with Crippen molar-refractivity contribution in [3.05, 3.63) is 174 Å². The zero-order valence-corrected chi connectivity index (χ0v) is 29.6. The van der Waals surface area contributed by atoms with Gasteiger partial charge in [-0.25, -0.2) is 0 Å². The van der Waals surface area contributed by atoms with Crippen molar-refractivity contribution in [2.24, 2.45) is 0 Å². The van der Waals surface area contributed by atoms with Gasteiger partial charge in [0.2, 0.25) is 0 Å². The van der Waals surface area contributed by atoms with E-state index in [1.54, 1.807) is 0 Å². The molecule has 0 radical (unpaired) electrons. The summed E-state index contributed by atoms with van der Waals surface area (Å²) in [6.45, 7) is 9.54. The first-order valence-corrected chi connectivity index (χ1v) is 18.4. The third-order valence-corrected chi connectivity index (χ3v) is 12.6. The number of hydrogen-bond acceptors (Lipinski definition) is 2. The summed E-state index contributed by atoms with van der Waals surface area (Å²) in [7, 11) is 0. The van der Waals surface area contributed by atoms with Crippen molar-refractivity contribution in [2.75, 3.05) is 4.90 Å². The molecule has 0 amide bonds. The maximum Gasteiger partial charge on any atom is 0.0543 e. The zero-order valence-electron chi connectivity index (χ0n) is 28.8. The number of nitrogens with zero attached hydrogens (tertiary/aromatic N) is 1. The van der Waals surface area contributed by atoms with Gasteiger partial charge in [0.05, 0.1) is 11.4 Å². The molecular weight excluding hydrogens is 623 g/mol. The Morgan fingerprint density at radius 1 is 0.460 bits per heavy atom. The number of benzene rings is 7. The van der Waals surface area contributed by atoms with E-state index in [4.69, 9.17) is 0 Å². The number of anilines is 3. The van der Waals surface area contributed by atoms with Crippen molar-refractivity contribution in [3.8, 4) is 33.4 Å². The molecule has 2 heteroatoms. The largest absolute Gasteiger partial charge is 0.310 e. The molecule has 0 saturated carbocycles. The highest BCUT2D eigenvalue weighted by Crippen LogP contribution is 2.58. The Morgan fingerprint density at radius 2 is 1.06 bits per heavy atom. The summed E-state index contributed by atoms with van der Waals surface area (Å²) in [5, 5.41) is 2.66. The van der Waals surface area contributed by atoms with Crippen molar-refractivity contribution >= 4 is 48.6 Å². The van der Waals surface area contributed by atoms with Crippen LogP contribution in [0.2, 0.25) is 0 Å². The quantitative estimate of drug-likeness (QED) is 0.182. The molecule has 8 aromatic rings. The molecule has 1 aromatic heterocycles. The Kier molecular flexibility index (Phi) is 6.21. The fourth-order valence-corrected chi connectivity index (χ4v) is 10.3. The van der Waals surface area contributed by atoms with Crippen LogP contribution in [-0.2, 0) is 10.8 Å². The molecule has 0 saturated heterocycles. The van der Waals surface area contributed by atoms with E-state index in [0.717, 1.165) is 5.69 Å². The van der Waals surface area contributed by atoms with Crippen molar-refractivity contribution in [2.45, 2.75) is 38.5 Å². The molecule has 50 heavy (non-hydrogen) atoms. The van der Waals surface area contributed by atoms with Crippen LogP contribution in [0.3, 0.4) is 0 Å². The van der Waals surface area contributed by atoms with Gasteiger partial charge in [-0.05, 0) is 86.5 Å². The molecule has 2 aliphatic carbocycles. The average Bonchev–Trinajstić information content (AvgIpc) is 3.73. The molecular formula is C48H37NS. The maximum atomic E-state index is 2.57. The lowest BCUT2D eigenvalue weighted by Gasteiger charge is -2.34. The number of rotatable bonds is 4. The molecule has 10 rings (SSSR count). The molecule has 0 atom stereocenters. The monoisotopic (exact) mass is 659 g/mol. The predicted octanol–water partition coefficient (Wildman–Crippen LogP) is 13.8. The molecule has 7 aromatic carbocycles. The minimum atomic E-state index is -0.172. The SMILES string of the molecule is CC1(C)c2ccccc2-c2c(N(c3cccc(-c4cccc5sc6ccccc6c45)c3)c3cccc4c3C(C)(C)c3ccccc3-4)cccc21. The lowest BCUT2D eigenvalue weighted by molar-refractivity contribution is 0.659. The van der Waals surface area contributed by atoms with E-state index in [9.17, 15) is 0 Å². The lowest BCUT2D eigenvalue weighted by atomic mass is 9.81. The summed E-state index contributed by atoms with van der Waals surface area (Å²) >= 11 is 1.88. The molecule has 1 heterocycles. The van der Waals surface area contributed by atoms with Crippen LogP contribution in [0.5, 0.6) is 0 Å². The van der Waals surface area contributed by atoms with Gasteiger partial charge in [-0.3, -0.25) is 0 Å². The third kappa shape index (κ3) is 4.00. The molecule has 0 bridgehead atoms. The highest BCUT2D eigenvalue weighted by atomic mass is 32.1. The van der Waals surface area contributed by atoms with Crippen LogP contribution in [0.1, 0.15) is 49.9 Å². The molecule has 0 fully saturated rings. The Balaban J connectivity index is 1.27. The first-order valence-electron chi connectivity index (χ1n) is 17.6. The third-order valence-electron chi connectivity index (χ3n) is 11.4. The fourth-order valence-electron chi connectivity index (χ4n) is 9.16. The van der Waals surface area contributed by atoms with Gasteiger partial charge >= 0.3 is 0 Å². The van der Waals surface area contributed by atoms with E-state index in [-0.39, 0.29) is 10.8 Å². The summed E-state index contributed by atoms with van der Waals surface area (Å²) in [6.07, 6.45) is 0. The summed E-state index contributed by atoms with van der Waals surface area (Å²) in [5.74, 6) is 0. The highest BCUT2D eigenvalue weighted by molar-refractivity contribution is 7.25. The number of thiophene rings is 1. The van der Waals surface area contributed by atoms with Gasteiger partial charge < -0.3 is 4.90 Å². The van der Waals surface area contributed by atoms with Gasteiger partial charge in [0.25, 0.3) is 0 Å². The van der Waals surface area contributed by atoms with Gasteiger partial charge in [-0.15, -0.1) is 11.3 Å². The van der Waals surface area contributed by atoms with E-state index in [1.807, 2.05) is 11.3 Å². The van der Waals surface area contributed by atoms with Gasteiger partial charge in [0.15, 0.2) is 0 Å². The topological polar surface area (TPSA) is 3.24 Å². The fraction of sp³-hybridized carbons (Fsp3) is 0.125. The Hall–Kier alpha value is -5.44. The van der Waals surface area contributed by atoms with E-state index < -0.39 is 0 Å². The Morgan fingerprint density at radius 3 is 1.92 bits per heavy atom. The number of fused-ring (bicyclic) bond motifs is 9. The molecule has 240 valence electrons. The van der Waals surface area contributed by atoms with Gasteiger partial charge in [-0.1, -0.05) is 143 Å². The molecule has 0 spiro atoms. The second-order valence-corrected chi connectivity index (χ2v) is 16.0. The number of hydrogen-bond donors (Lipinski definition) is 0. The van der Waals surface area contributed by atoms with Gasteiger partial charge in [0.1, 0.15) is 0 Å². The van der Waals surface area contributed by atoms with E-state index in [2.05, 4.69) is 184 Å². The summed E-state index contributed by atoms with van der Waals surface area (Å²) in [5.41, 5.74) is 16.7. The highest BCUT2D eigenvalue weighted by Gasteiger charge is 2.41. The van der Waals surface area contributed by atoms with Gasteiger partial charge in [-0.2, -0.15) is 0 Å². The second-order valence-electron chi connectivity index (χ2n) is 14.9. The molecule has 0 N–H and O–H groups in total. The lowest BCUT2D eigenvalue weighted by Crippen LogP contribution is -2.21. The average molecular weight is 660 g/mol. The van der Waals surface area contributed by atoms with Gasteiger partial charge in [0, 0.05) is 42.3 Å². The Bertz CT molecular complexity index is 2670. The molecule has 2 aliphatic rings. The first-order chi connectivity index (χ1) is 24.3. The first kappa shape index (κ1) is 29.5. The van der Waals surface area contributed by atoms with Crippen LogP contribution < -0.4 is 4.90 Å². The normalized spacial score (nSPS) is 14.7. The van der Waals surface area contributed by atoms with E-state index in [0.29, 0.717) is 0 Å². The van der Waals surface area contributed by atoms with Crippen LogP contribution >= 0.6 is 11.3 Å². The van der Waals surface area contributed by atoms with Crippen molar-refractivity contribution in [1.29, 1.82) is 0 Å². The maximum absolute atomic E-state index is 2.57. The van der Waals surface area contributed by atoms with Crippen LogP contribution in [0.25, 0.3) is 53.6 Å². The molecule has 1 nitrogen and oxygen atoms in total. The smallest absolute Gasteiger partial charge is 0.0543 e. The molecule has 0 aliphatic heterocycles. The van der Waals surface area contributed by atoms with E-state index in [1.165, 1.54) is 87.2 Å². The summed E-state index contributed by atoms with van der Waals surface area (Å²) < 4.78 is 2.65. The summed E-state index contributed by atoms with van der Waals surface area (Å²) in [4.78, 5) is 2.57. The standard InChI is InChI=1S/C48H37NS/c1-47(2)38-23-9-6-18-35(38)45-39(47)24-14-25-40(45)49(41-26-12-21-34-33-17-5-8-22-37(33)48(3,4)46(34)41)31-16-11-15-30(29-31)32-20-13-28-43-44(32)36-19-7-10-27-42(36)50-43/h5-29H,1-4H3. The zero-order chi connectivity index (χ0) is 33.8. The van der Waals surface area contributed by atoms with Crippen molar-refractivity contribution in [1.82, 2.24) is 0 Å². The second kappa shape index (κ2) is 10.5. The Labute approximate surface area is 298 Å². The van der Waals surface area contributed by atoms with Crippen molar-refractivity contribution < 1.29 is 0 Å². The van der Waals surface area contributed by atoms with Crippen molar-refractivity contribution in [3.63, 3.8) is 0 Å². The predicted molar refractivity (Wildman–Crippen MR) is 215 cm³/mol. The molecule has 0 unspecified atom stereocenters.